The van der Waals surface area contributed by atoms with Gasteiger partial charge >= 0.3 is 0 Å². The average molecular weight is 401 g/mol. The van der Waals surface area contributed by atoms with Crippen LogP contribution in [-0.2, 0) is 0 Å². The molecule has 148 valence electrons. The molecule has 1 amide bonds. The Kier molecular flexibility index (Phi) is 8.36. The number of unbranched alkanes of at least 4 members (excludes halogenated alkanes) is 3. The van der Waals surface area contributed by atoms with Crippen LogP contribution >= 0.6 is 12.2 Å². The van der Waals surface area contributed by atoms with Gasteiger partial charge in [0, 0.05) is 29.4 Å². The summed E-state index contributed by atoms with van der Waals surface area (Å²) >= 11 is 5.16. The molecule has 2 rings (SSSR count). The van der Waals surface area contributed by atoms with Gasteiger partial charge in [0.25, 0.3) is 11.6 Å². The molecule has 2 aromatic carbocycles. The van der Waals surface area contributed by atoms with E-state index < -0.39 is 10.8 Å². The molecule has 0 bridgehead atoms. The van der Waals surface area contributed by atoms with E-state index in [9.17, 15) is 14.9 Å². The lowest BCUT2D eigenvalue weighted by molar-refractivity contribution is -0.384. The van der Waals surface area contributed by atoms with Gasteiger partial charge in [-0.3, -0.25) is 20.2 Å². The maximum absolute atomic E-state index is 12.2. The highest BCUT2D eigenvalue weighted by atomic mass is 32.1. The van der Waals surface area contributed by atoms with Crippen molar-refractivity contribution in [1.82, 2.24) is 5.32 Å². The fourth-order valence-electron chi connectivity index (χ4n) is 2.48. The van der Waals surface area contributed by atoms with E-state index in [0.29, 0.717) is 18.0 Å². The summed E-state index contributed by atoms with van der Waals surface area (Å²) in [6.07, 6.45) is 4.52. The average Bonchev–Trinajstić information content (AvgIpc) is 2.68. The van der Waals surface area contributed by atoms with Crippen molar-refractivity contribution in [2.45, 2.75) is 32.6 Å². The van der Waals surface area contributed by atoms with Crippen molar-refractivity contribution in [2.24, 2.45) is 0 Å². The molecule has 0 atom stereocenters. The first-order chi connectivity index (χ1) is 13.5. The van der Waals surface area contributed by atoms with Gasteiger partial charge in [-0.2, -0.15) is 0 Å². The number of nitrogens with one attached hydrogen (secondary N) is 2. The molecular formula is C20H23N3O4S. The SMILES string of the molecule is CCCCCCOc1cccc(NC(=S)NC(=O)c2cccc([N+](=O)[O-])c2)c1. The molecule has 0 aliphatic rings. The minimum Gasteiger partial charge on any atom is -0.494 e. The quantitative estimate of drug-likeness (QED) is 0.274. The number of carbonyl (C=O) groups excluding carboxylic acids is 1. The summed E-state index contributed by atoms with van der Waals surface area (Å²) in [4.78, 5) is 22.5. The zero-order valence-corrected chi connectivity index (χ0v) is 16.5. The second kappa shape index (κ2) is 11.0. The smallest absolute Gasteiger partial charge is 0.270 e. The summed E-state index contributed by atoms with van der Waals surface area (Å²) < 4.78 is 5.73. The summed E-state index contributed by atoms with van der Waals surface area (Å²) in [5, 5.41) is 16.3. The van der Waals surface area contributed by atoms with E-state index >= 15 is 0 Å². The normalized spacial score (nSPS) is 10.2. The van der Waals surface area contributed by atoms with Crippen LogP contribution in [0, 0.1) is 10.1 Å². The molecule has 0 saturated heterocycles. The van der Waals surface area contributed by atoms with Crippen molar-refractivity contribution < 1.29 is 14.5 Å². The van der Waals surface area contributed by atoms with E-state index in [1.807, 2.05) is 12.1 Å². The zero-order chi connectivity index (χ0) is 20.4. The number of hydrogen-bond acceptors (Lipinski definition) is 5. The van der Waals surface area contributed by atoms with Crippen LogP contribution in [0.1, 0.15) is 43.0 Å². The monoisotopic (exact) mass is 401 g/mol. The van der Waals surface area contributed by atoms with Crippen LogP contribution in [0.2, 0.25) is 0 Å². The molecule has 2 N–H and O–H groups in total. The minimum absolute atomic E-state index is 0.0941. The predicted molar refractivity (Wildman–Crippen MR) is 113 cm³/mol. The van der Waals surface area contributed by atoms with Crippen LogP contribution in [0.5, 0.6) is 5.75 Å². The molecule has 0 aliphatic carbocycles. The molecule has 7 nitrogen and oxygen atoms in total. The number of anilines is 1. The van der Waals surface area contributed by atoms with E-state index in [2.05, 4.69) is 17.6 Å². The largest absolute Gasteiger partial charge is 0.494 e. The molecule has 0 aliphatic heterocycles. The Morgan fingerprint density at radius 2 is 1.93 bits per heavy atom. The summed E-state index contributed by atoms with van der Waals surface area (Å²) in [5.41, 5.74) is 0.674. The molecule has 28 heavy (non-hydrogen) atoms. The molecule has 0 fully saturated rings. The van der Waals surface area contributed by atoms with Gasteiger partial charge in [0.05, 0.1) is 11.5 Å². The van der Waals surface area contributed by atoms with Gasteiger partial charge in [0.2, 0.25) is 0 Å². The van der Waals surface area contributed by atoms with Crippen LogP contribution in [0.25, 0.3) is 0 Å². The van der Waals surface area contributed by atoms with Crippen LogP contribution in [0.4, 0.5) is 11.4 Å². The van der Waals surface area contributed by atoms with Gasteiger partial charge in [0.15, 0.2) is 5.11 Å². The fourth-order valence-corrected chi connectivity index (χ4v) is 2.69. The van der Waals surface area contributed by atoms with Crippen molar-refractivity contribution in [2.75, 3.05) is 11.9 Å². The lowest BCUT2D eigenvalue weighted by Crippen LogP contribution is -2.34. The molecule has 0 aromatic heterocycles. The molecule has 0 unspecified atom stereocenters. The highest BCUT2D eigenvalue weighted by Crippen LogP contribution is 2.18. The molecule has 0 radical (unpaired) electrons. The summed E-state index contributed by atoms with van der Waals surface area (Å²) in [7, 11) is 0. The zero-order valence-electron chi connectivity index (χ0n) is 15.6. The van der Waals surface area contributed by atoms with Gasteiger partial charge in [0.1, 0.15) is 5.75 Å². The number of thiocarbonyl (C=S) groups is 1. The predicted octanol–water partition coefficient (Wildman–Crippen LogP) is 4.68. The van der Waals surface area contributed by atoms with E-state index in [0.717, 1.165) is 12.8 Å². The van der Waals surface area contributed by atoms with Crippen LogP contribution in [-0.4, -0.2) is 22.5 Å². The van der Waals surface area contributed by atoms with Crippen molar-refractivity contribution in [3.8, 4) is 5.75 Å². The Labute approximate surface area is 169 Å². The summed E-state index contributed by atoms with van der Waals surface area (Å²) in [6.45, 7) is 2.81. The van der Waals surface area contributed by atoms with Gasteiger partial charge in [-0.15, -0.1) is 0 Å². The fraction of sp³-hybridized carbons (Fsp3) is 0.300. The van der Waals surface area contributed by atoms with E-state index in [1.165, 1.54) is 37.1 Å². The Morgan fingerprint density at radius 1 is 1.14 bits per heavy atom. The third kappa shape index (κ3) is 6.96. The number of hydrogen-bond donors (Lipinski definition) is 2. The Bertz CT molecular complexity index is 842. The first-order valence-electron chi connectivity index (χ1n) is 9.09. The first kappa shape index (κ1) is 21.3. The third-order valence-electron chi connectivity index (χ3n) is 3.90. The lowest BCUT2D eigenvalue weighted by Gasteiger charge is -2.11. The van der Waals surface area contributed by atoms with Crippen molar-refractivity contribution in [3.05, 3.63) is 64.2 Å². The number of nitro benzene ring substituents is 1. The molecule has 2 aromatic rings. The van der Waals surface area contributed by atoms with Crippen LogP contribution < -0.4 is 15.4 Å². The second-order valence-electron chi connectivity index (χ2n) is 6.15. The van der Waals surface area contributed by atoms with E-state index in [1.54, 1.807) is 12.1 Å². The van der Waals surface area contributed by atoms with Gasteiger partial charge in [-0.25, -0.2) is 0 Å². The topological polar surface area (TPSA) is 93.5 Å². The highest BCUT2D eigenvalue weighted by Gasteiger charge is 2.12. The highest BCUT2D eigenvalue weighted by molar-refractivity contribution is 7.80. The number of ether oxygens (including phenoxy) is 1. The van der Waals surface area contributed by atoms with E-state index in [-0.39, 0.29) is 16.4 Å². The van der Waals surface area contributed by atoms with Gasteiger partial charge < -0.3 is 10.1 Å². The Balaban J connectivity index is 1.88. The number of rotatable bonds is 9. The van der Waals surface area contributed by atoms with E-state index in [4.69, 9.17) is 17.0 Å². The Morgan fingerprint density at radius 3 is 2.68 bits per heavy atom. The van der Waals surface area contributed by atoms with Gasteiger partial charge in [-0.05, 0) is 36.8 Å². The maximum atomic E-state index is 12.2. The molecular weight excluding hydrogens is 378 g/mol. The molecule has 0 heterocycles. The van der Waals surface area contributed by atoms with Crippen molar-refractivity contribution >= 4 is 34.6 Å². The molecule has 0 saturated carbocycles. The van der Waals surface area contributed by atoms with Crippen LogP contribution in [0.3, 0.4) is 0 Å². The van der Waals surface area contributed by atoms with Gasteiger partial charge in [-0.1, -0.05) is 38.3 Å². The van der Waals surface area contributed by atoms with Crippen molar-refractivity contribution in [1.29, 1.82) is 0 Å². The molecule has 0 spiro atoms. The second-order valence-corrected chi connectivity index (χ2v) is 6.56. The maximum Gasteiger partial charge on any atom is 0.270 e. The number of benzene rings is 2. The number of nitrogens with zero attached hydrogens (tertiary/aromatic N) is 1. The Hall–Kier alpha value is -3.00. The number of carbonyl (C=O) groups is 1. The lowest BCUT2D eigenvalue weighted by atomic mass is 10.2. The summed E-state index contributed by atoms with van der Waals surface area (Å²) in [6, 6.07) is 12.7. The number of amides is 1. The standard InChI is InChI=1S/C20H23N3O4S/c1-2-3-4-5-12-27-18-11-7-9-16(14-18)21-20(28)22-19(24)15-8-6-10-17(13-15)23(25)26/h6-11,13-14H,2-5,12H2,1H3,(H2,21,22,24,28). The summed E-state index contributed by atoms with van der Waals surface area (Å²) in [5.74, 6) is 0.193. The van der Waals surface area contributed by atoms with Crippen LogP contribution in [0.15, 0.2) is 48.5 Å². The first-order valence-corrected chi connectivity index (χ1v) is 9.50. The minimum atomic E-state index is -0.554. The number of non-ortho nitro benzene ring substituents is 1. The molecule has 8 heteroatoms. The third-order valence-corrected chi connectivity index (χ3v) is 4.11. The number of nitro groups is 1. The van der Waals surface area contributed by atoms with Crippen molar-refractivity contribution in [3.63, 3.8) is 0 Å².